The largest absolute Gasteiger partial charge is 0.494 e. The Morgan fingerprint density at radius 1 is 1.14 bits per heavy atom. The van der Waals surface area contributed by atoms with E-state index >= 15 is 0 Å². The van der Waals surface area contributed by atoms with E-state index in [0.717, 1.165) is 5.75 Å². The number of hydrogen-bond donors (Lipinski definition) is 2. The number of nitrogens with one attached hydrogen (secondary N) is 1. The lowest BCUT2D eigenvalue weighted by Crippen LogP contribution is -2.12. The van der Waals surface area contributed by atoms with Gasteiger partial charge >= 0.3 is 0 Å². The van der Waals surface area contributed by atoms with Crippen LogP contribution in [0.15, 0.2) is 42.5 Å². The molecule has 0 aromatic heterocycles. The van der Waals surface area contributed by atoms with E-state index in [1.807, 2.05) is 19.1 Å². The molecule has 2 aromatic rings. The Kier molecular flexibility index (Phi) is 4.77. The minimum Gasteiger partial charge on any atom is -0.494 e. The maximum absolute atomic E-state index is 13.5. The summed E-state index contributed by atoms with van der Waals surface area (Å²) in [4.78, 5) is 0. The highest BCUT2D eigenvalue weighted by molar-refractivity contribution is 5.95. The average Bonchev–Trinajstić information content (AvgIpc) is 2.45. The first-order valence-corrected chi connectivity index (χ1v) is 6.58. The second-order valence-corrected chi connectivity index (χ2v) is 4.46. The molecule has 5 heteroatoms. The SMILES string of the molecule is CCOc1cccc(OCc2cc(F)cc(C(=N)N)c2)c1. The fourth-order valence-electron chi connectivity index (χ4n) is 1.88. The highest BCUT2D eigenvalue weighted by atomic mass is 19.1. The smallest absolute Gasteiger partial charge is 0.124 e. The molecule has 0 aliphatic heterocycles. The van der Waals surface area contributed by atoms with Crippen molar-refractivity contribution in [3.8, 4) is 11.5 Å². The first-order chi connectivity index (χ1) is 10.1. The molecule has 0 atom stereocenters. The van der Waals surface area contributed by atoms with Crippen molar-refractivity contribution in [2.24, 2.45) is 5.73 Å². The zero-order valence-electron chi connectivity index (χ0n) is 11.7. The fraction of sp³-hybridized carbons (Fsp3) is 0.188. The van der Waals surface area contributed by atoms with Crippen molar-refractivity contribution in [2.45, 2.75) is 13.5 Å². The molecule has 0 saturated heterocycles. The van der Waals surface area contributed by atoms with E-state index in [1.165, 1.54) is 12.1 Å². The summed E-state index contributed by atoms with van der Waals surface area (Å²) >= 11 is 0. The third-order valence-corrected chi connectivity index (χ3v) is 2.79. The predicted molar refractivity (Wildman–Crippen MR) is 79.4 cm³/mol. The summed E-state index contributed by atoms with van der Waals surface area (Å²) < 4.78 is 24.4. The summed E-state index contributed by atoms with van der Waals surface area (Å²) in [5.74, 6) is 0.742. The van der Waals surface area contributed by atoms with Gasteiger partial charge in [0.2, 0.25) is 0 Å². The van der Waals surface area contributed by atoms with E-state index in [-0.39, 0.29) is 12.4 Å². The quantitative estimate of drug-likeness (QED) is 0.634. The summed E-state index contributed by atoms with van der Waals surface area (Å²) in [6.45, 7) is 2.67. The molecule has 2 rings (SSSR count). The molecular formula is C16H17FN2O2. The van der Waals surface area contributed by atoms with Crippen LogP contribution >= 0.6 is 0 Å². The van der Waals surface area contributed by atoms with Crippen LogP contribution in [0.4, 0.5) is 4.39 Å². The monoisotopic (exact) mass is 288 g/mol. The van der Waals surface area contributed by atoms with Gasteiger partial charge in [-0.05, 0) is 42.8 Å². The summed E-state index contributed by atoms with van der Waals surface area (Å²) in [6, 6.07) is 11.5. The van der Waals surface area contributed by atoms with Gasteiger partial charge in [-0.15, -0.1) is 0 Å². The number of amidine groups is 1. The summed E-state index contributed by atoms with van der Waals surface area (Å²) in [5.41, 5.74) is 6.33. The number of rotatable bonds is 6. The highest BCUT2D eigenvalue weighted by Crippen LogP contribution is 2.20. The van der Waals surface area contributed by atoms with Crippen molar-refractivity contribution in [3.63, 3.8) is 0 Å². The van der Waals surface area contributed by atoms with Crippen LogP contribution in [0.1, 0.15) is 18.1 Å². The van der Waals surface area contributed by atoms with Crippen LogP contribution in [-0.4, -0.2) is 12.4 Å². The van der Waals surface area contributed by atoms with E-state index in [1.54, 1.807) is 18.2 Å². The number of halogens is 1. The van der Waals surface area contributed by atoms with Crippen molar-refractivity contribution in [1.29, 1.82) is 5.41 Å². The van der Waals surface area contributed by atoms with Gasteiger partial charge in [-0.3, -0.25) is 5.41 Å². The lowest BCUT2D eigenvalue weighted by atomic mass is 10.1. The van der Waals surface area contributed by atoms with Crippen LogP contribution in [0.2, 0.25) is 0 Å². The molecule has 0 unspecified atom stereocenters. The summed E-state index contributed by atoms with van der Waals surface area (Å²) in [6.07, 6.45) is 0. The van der Waals surface area contributed by atoms with Gasteiger partial charge in [-0.1, -0.05) is 6.07 Å². The minimum absolute atomic E-state index is 0.172. The number of nitrogens with two attached hydrogens (primary N) is 1. The van der Waals surface area contributed by atoms with E-state index in [0.29, 0.717) is 23.5 Å². The van der Waals surface area contributed by atoms with E-state index in [2.05, 4.69) is 0 Å². The van der Waals surface area contributed by atoms with Crippen LogP contribution in [-0.2, 0) is 6.61 Å². The van der Waals surface area contributed by atoms with E-state index < -0.39 is 5.82 Å². The van der Waals surface area contributed by atoms with Gasteiger partial charge in [0, 0.05) is 11.6 Å². The van der Waals surface area contributed by atoms with Crippen molar-refractivity contribution in [3.05, 3.63) is 59.4 Å². The van der Waals surface area contributed by atoms with Gasteiger partial charge in [-0.25, -0.2) is 4.39 Å². The Morgan fingerprint density at radius 2 is 1.86 bits per heavy atom. The Bertz CT molecular complexity index is 644. The van der Waals surface area contributed by atoms with Crippen molar-refractivity contribution < 1.29 is 13.9 Å². The number of ether oxygens (including phenoxy) is 2. The molecule has 2 aromatic carbocycles. The maximum atomic E-state index is 13.5. The van der Waals surface area contributed by atoms with Crippen LogP contribution in [0.25, 0.3) is 0 Å². The molecule has 0 amide bonds. The molecule has 110 valence electrons. The fourth-order valence-corrected chi connectivity index (χ4v) is 1.88. The molecule has 0 bridgehead atoms. The van der Waals surface area contributed by atoms with Gasteiger partial charge in [-0.2, -0.15) is 0 Å². The Balaban J connectivity index is 2.09. The second kappa shape index (κ2) is 6.74. The minimum atomic E-state index is -0.440. The van der Waals surface area contributed by atoms with Gasteiger partial charge in [0.15, 0.2) is 0 Å². The Hall–Kier alpha value is -2.56. The molecule has 21 heavy (non-hydrogen) atoms. The first kappa shape index (κ1) is 14.8. The third kappa shape index (κ3) is 4.21. The normalized spacial score (nSPS) is 10.2. The molecule has 0 heterocycles. The molecule has 4 nitrogen and oxygen atoms in total. The molecular weight excluding hydrogens is 271 g/mol. The topological polar surface area (TPSA) is 68.3 Å². The standard InChI is InChI=1S/C16H17FN2O2/c1-2-20-14-4-3-5-15(9-14)21-10-11-6-12(16(18)19)8-13(17)7-11/h3-9H,2,10H2,1H3,(H3,18,19). The van der Waals surface area contributed by atoms with E-state index in [4.69, 9.17) is 20.6 Å². The first-order valence-electron chi connectivity index (χ1n) is 6.58. The lowest BCUT2D eigenvalue weighted by molar-refractivity contribution is 0.299. The van der Waals surface area contributed by atoms with Gasteiger partial charge in [0.25, 0.3) is 0 Å². The highest BCUT2D eigenvalue weighted by Gasteiger charge is 2.05. The van der Waals surface area contributed by atoms with Crippen LogP contribution in [0.5, 0.6) is 11.5 Å². The van der Waals surface area contributed by atoms with Crippen molar-refractivity contribution in [2.75, 3.05) is 6.61 Å². The molecule has 0 fully saturated rings. The van der Waals surface area contributed by atoms with Crippen LogP contribution in [0, 0.1) is 11.2 Å². The van der Waals surface area contributed by atoms with Crippen LogP contribution < -0.4 is 15.2 Å². The molecule has 3 N–H and O–H groups in total. The zero-order chi connectivity index (χ0) is 15.2. The average molecular weight is 288 g/mol. The van der Waals surface area contributed by atoms with E-state index in [9.17, 15) is 4.39 Å². The maximum Gasteiger partial charge on any atom is 0.124 e. The molecule has 0 radical (unpaired) electrons. The third-order valence-electron chi connectivity index (χ3n) is 2.79. The molecule has 0 aliphatic carbocycles. The van der Waals surface area contributed by atoms with Gasteiger partial charge in [0.05, 0.1) is 6.61 Å². The predicted octanol–water partition coefficient (Wildman–Crippen LogP) is 3.09. The Labute approximate surface area is 122 Å². The van der Waals surface area contributed by atoms with Gasteiger partial charge in [0.1, 0.15) is 29.8 Å². The van der Waals surface area contributed by atoms with Crippen LogP contribution in [0.3, 0.4) is 0 Å². The van der Waals surface area contributed by atoms with Crippen molar-refractivity contribution in [1.82, 2.24) is 0 Å². The Morgan fingerprint density at radius 3 is 2.52 bits per heavy atom. The molecule has 0 saturated carbocycles. The number of benzene rings is 2. The van der Waals surface area contributed by atoms with Gasteiger partial charge < -0.3 is 15.2 Å². The molecule has 0 aliphatic rings. The number of nitrogen functional groups attached to an aromatic ring is 1. The van der Waals surface area contributed by atoms with Crippen molar-refractivity contribution >= 4 is 5.84 Å². The molecule has 0 spiro atoms. The lowest BCUT2D eigenvalue weighted by Gasteiger charge is -2.09. The summed E-state index contributed by atoms with van der Waals surface area (Å²) in [7, 11) is 0. The number of hydrogen-bond acceptors (Lipinski definition) is 3. The summed E-state index contributed by atoms with van der Waals surface area (Å²) in [5, 5.41) is 7.35. The second-order valence-electron chi connectivity index (χ2n) is 4.46. The zero-order valence-corrected chi connectivity index (χ0v) is 11.7.